The highest BCUT2D eigenvalue weighted by atomic mass is 16.3. The van der Waals surface area contributed by atoms with E-state index in [9.17, 15) is 0 Å². The molecule has 0 unspecified atom stereocenters. The largest absolute Gasteiger partial charge is 0.463 e. The van der Waals surface area contributed by atoms with Crippen molar-refractivity contribution in [1.29, 1.82) is 0 Å². The van der Waals surface area contributed by atoms with Crippen molar-refractivity contribution in [1.82, 2.24) is 0 Å². The minimum atomic E-state index is 0.940. The number of nitrogens with one attached hydrogen (secondary N) is 2. The van der Waals surface area contributed by atoms with E-state index >= 15 is 0 Å². The number of hydrogen-bond acceptors (Lipinski definition) is 1. The van der Waals surface area contributed by atoms with E-state index in [0.29, 0.717) is 0 Å². The van der Waals surface area contributed by atoms with E-state index in [1.807, 2.05) is 11.0 Å². The molecule has 1 aliphatic heterocycles. The normalized spacial score (nSPS) is 36.3. The molecule has 0 aromatic carbocycles. The average molecular weight is 264 g/mol. The zero-order chi connectivity index (χ0) is 13.1. The molecule has 0 amide bonds. The second-order valence-corrected chi connectivity index (χ2v) is 6.53. The molecule has 2 N–H and O–H groups in total. The van der Waals surface area contributed by atoms with E-state index in [4.69, 9.17) is 4.42 Å². The SMILES string of the molecule is C[C@@H]1CCCC[C@@H]1[NH+]1CC[NH+](Cc2ccco2)CC1. The summed E-state index contributed by atoms with van der Waals surface area (Å²) >= 11 is 0. The van der Waals surface area contributed by atoms with Crippen molar-refractivity contribution in [2.24, 2.45) is 5.92 Å². The molecule has 1 aliphatic carbocycles. The number of piperazine rings is 1. The van der Waals surface area contributed by atoms with Crippen LogP contribution >= 0.6 is 0 Å². The van der Waals surface area contributed by atoms with Gasteiger partial charge >= 0.3 is 0 Å². The monoisotopic (exact) mass is 264 g/mol. The first-order valence-electron chi connectivity index (χ1n) is 8.03. The van der Waals surface area contributed by atoms with Gasteiger partial charge in [-0.15, -0.1) is 0 Å². The summed E-state index contributed by atoms with van der Waals surface area (Å²) in [6.45, 7) is 8.86. The van der Waals surface area contributed by atoms with E-state index in [0.717, 1.165) is 24.3 Å². The van der Waals surface area contributed by atoms with Gasteiger partial charge in [-0.05, 0) is 31.4 Å². The van der Waals surface area contributed by atoms with Crippen molar-refractivity contribution in [2.75, 3.05) is 26.2 Å². The molecule has 2 aliphatic rings. The van der Waals surface area contributed by atoms with Crippen LogP contribution in [0.4, 0.5) is 0 Å². The Hall–Kier alpha value is -0.800. The summed E-state index contributed by atoms with van der Waals surface area (Å²) in [5, 5.41) is 0. The lowest BCUT2D eigenvalue weighted by molar-refractivity contribution is -1.03. The van der Waals surface area contributed by atoms with E-state index in [-0.39, 0.29) is 0 Å². The van der Waals surface area contributed by atoms with Gasteiger partial charge in [-0.1, -0.05) is 13.3 Å². The van der Waals surface area contributed by atoms with Crippen LogP contribution in [0, 0.1) is 5.92 Å². The highest BCUT2D eigenvalue weighted by Gasteiger charge is 2.34. The lowest BCUT2D eigenvalue weighted by Gasteiger charge is -2.39. The third-order valence-corrected chi connectivity index (χ3v) is 5.24. The smallest absolute Gasteiger partial charge is 0.157 e. The van der Waals surface area contributed by atoms with Crippen molar-refractivity contribution in [3.8, 4) is 0 Å². The summed E-state index contributed by atoms with van der Waals surface area (Å²) in [5.74, 6) is 2.08. The predicted molar refractivity (Wildman–Crippen MR) is 75.2 cm³/mol. The van der Waals surface area contributed by atoms with E-state index < -0.39 is 0 Å². The Bertz CT molecular complexity index is 368. The Kier molecular flexibility index (Phi) is 4.24. The quantitative estimate of drug-likeness (QED) is 0.797. The van der Waals surface area contributed by atoms with Crippen LogP contribution in [0.5, 0.6) is 0 Å². The maximum Gasteiger partial charge on any atom is 0.157 e. The third kappa shape index (κ3) is 3.21. The molecule has 106 valence electrons. The minimum Gasteiger partial charge on any atom is -0.463 e. The van der Waals surface area contributed by atoms with Crippen molar-refractivity contribution >= 4 is 0 Å². The van der Waals surface area contributed by atoms with Crippen molar-refractivity contribution in [2.45, 2.75) is 45.2 Å². The minimum absolute atomic E-state index is 0.940. The molecule has 0 spiro atoms. The van der Waals surface area contributed by atoms with E-state index in [1.54, 1.807) is 11.2 Å². The first-order chi connectivity index (χ1) is 9.33. The van der Waals surface area contributed by atoms with Crippen LogP contribution in [-0.2, 0) is 6.54 Å². The van der Waals surface area contributed by atoms with Gasteiger partial charge in [0.2, 0.25) is 0 Å². The fraction of sp³-hybridized carbons (Fsp3) is 0.750. The lowest BCUT2D eigenvalue weighted by Crippen LogP contribution is -3.29. The Balaban J connectivity index is 1.49. The molecular formula is C16H28N2O+2. The van der Waals surface area contributed by atoms with Crippen LogP contribution in [0.1, 0.15) is 38.4 Å². The molecule has 3 rings (SSSR count). The molecule has 3 heteroatoms. The topological polar surface area (TPSA) is 22.0 Å². The average Bonchev–Trinajstić information content (AvgIpc) is 2.93. The summed E-state index contributed by atoms with van der Waals surface area (Å²) < 4.78 is 5.47. The molecule has 19 heavy (non-hydrogen) atoms. The Morgan fingerprint density at radius 1 is 1.16 bits per heavy atom. The fourth-order valence-corrected chi connectivity index (χ4v) is 4.05. The standard InChI is InChI=1S/C16H26N2O/c1-14-5-2-3-7-16(14)18-10-8-17(9-11-18)13-15-6-4-12-19-15/h4,6,12,14,16H,2-3,5,7-11,13H2,1H3/p+2/t14-,16+/m1/s1. The highest BCUT2D eigenvalue weighted by Crippen LogP contribution is 2.21. The summed E-state index contributed by atoms with van der Waals surface area (Å²) in [6, 6.07) is 5.05. The van der Waals surface area contributed by atoms with Gasteiger partial charge in [0.15, 0.2) is 5.76 Å². The van der Waals surface area contributed by atoms with Gasteiger partial charge in [0.1, 0.15) is 32.7 Å². The van der Waals surface area contributed by atoms with Crippen LogP contribution in [0.2, 0.25) is 0 Å². The zero-order valence-corrected chi connectivity index (χ0v) is 12.2. The summed E-state index contributed by atoms with van der Waals surface area (Å²) in [7, 11) is 0. The van der Waals surface area contributed by atoms with Crippen LogP contribution in [0.15, 0.2) is 22.8 Å². The van der Waals surface area contributed by atoms with Gasteiger partial charge in [0, 0.05) is 5.92 Å². The molecule has 2 heterocycles. The molecule has 2 atom stereocenters. The third-order valence-electron chi connectivity index (χ3n) is 5.24. The predicted octanol–water partition coefficient (Wildman–Crippen LogP) is 0.142. The summed E-state index contributed by atoms with van der Waals surface area (Å²) in [5.41, 5.74) is 0. The molecule has 2 fully saturated rings. The maximum atomic E-state index is 5.47. The molecule has 1 aromatic rings. The van der Waals surface area contributed by atoms with Crippen LogP contribution < -0.4 is 9.80 Å². The Morgan fingerprint density at radius 2 is 1.95 bits per heavy atom. The number of furan rings is 1. The molecule has 3 nitrogen and oxygen atoms in total. The molecular weight excluding hydrogens is 236 g/mol. The van der Waals surface area contributed by atoms with Gasteiger partial charge in [-0.3, -0.25) is 0 Å². The lowest BCUT2D eigenvalue weighted by atomic mass is 9.84. The Morgan fingerprint density at radius 3 is 2.63 bits per heavy atom. The molecule has 1 saturated carbocycles. The van der Waals surface area contributed by atoms with Crippen molar-refractivity contribution in [3.05, 3.63) is 24.2 Å². The van der Waals surface area contributed by atoms with Gasteiger partial charge in [-0.2, -0.15) is 0 Å². The van der Waals surface area contributed by atoms with Crippen LogP contribution in [0.25, 0.3) is 0 Å². The highest BCUT2D eigenvalue weighted by molar-refractivity contribution is 4.95. The first kappa shape index (κ1) is 13.2. The van der Waals surface area contributed by atoms with Gasteiger partial charge < -0.3 is 14.2 Å². The first-order valence-corrected chi connectivity index (χ1v) is 8.03. The van der Waals surface area contributed by atoms with Crippen molar-refractivity contribution < 1.29 is 14.2 Å². The molecule has 0 bridgehead atoms. The second-order valence-electron chi connectivity index (χ2n) is 6.53. The number of quaternary nitrogens is 2. The maximum absolute atomic E-state index is 5.47. The Labute approximate surface area is 116 Å². The van der Waals surface area contributed by atoms with E-state index in [1.165, 1.54) is 51.9 Å². The zero-order valence-electron chi connectivity index (χ0n) is 12.2. The second kappa shape index (κ2) is 6.10. The number of hydrogen-bond donors (Lipinski definition) is 2. The fourth-order valence-electron chi connectivity index (χ4n) is 4.05. The molecule has 0 radical (unpaired) electrons. The summed E-state index contributed by atoms with van der Waals surface area (Å²) in [4.78, 5) is 3.58. The molecule has 1 saturated heterocycles. The van der Waals surface area contributed by atoms with Gasteiger partial charge in [-0.25, -0.2) is 0 Å². The summed E-state index contributed by atoms with van der Waals surface area (Å²) in [6.07, 6.45) is 7.63. The van der Waals surface area contributed by atoms with Crippen LogP contribution in [-0.4, -0.2) is 32.2 Å². The van der Waals surface area contributed by atoms with Crippen LogP contribution in [0.3, 0.4) is 0 Å². The van der Waals surface area contributed by atoms with Crippen molar-refractivity contribution in [3.63, 3.8) is 0 Å². The van der Waals surface area contributed by atoms with Gasteiger partial charge in [0.05, 0.1) is 12.3 Å². The number of rotatable bonds is 3. The van der Waals surface area contributed by atoms with E-state index in [2.05, 4.69) is 13.0 Å². The molecule has 1 aromatic heterocycles. The van der Waals surface area contributed by atoms with Gasteiger partial charge in [0.25, 0.3) is 0 Å².